The summed E-state index contributed by atoms with van der Waals surface area (Å²) in [4.78, 5) is 0. The topological polar surface area (TPSA) is 57.6 Å². The van der Waals surface area contributed by atoms with E-state index in [1.807, 2.05) is 0 Å². The van der Waals surface area contributed by atoms with Crippen LogP contribution in [0.1, 0.15) is 12.8 Å². The average molecular weight is 229 g/mol. The Balaban J connectivity index is 2.58. The van der Waals surface area contributed by atoms with E-state index in [-0.39, 0.29) is 25.6 Å². The lowest BCUT2D eigenvalue weighted by molar-refractivity contribution is 0.160. The predicted molar refractivity (Wildman–Crippen MR) is 46.3 cm³/mol. The number of aliphatic hydroxyl groups excluding tert-OH is 1. The van der Waals surface area contributed by atoms with Crippen molar-refractivity contribution in [3.8, 4) is 0 Å². The summed E-state index contributed by atoms with van der Waals surface area (Å²) in [6.07, 6.45) is 0.894. The second kappa shape index (κ2) is 4.50. The van der Waals surface area contributed by atoms with Crippen molar-refractivity contribution in [1.29, 1.82) is 0 Å². The van der Waals surface area contributed by atoms with Gasteiger partial charge in [-0.3, -0.25) is 0 Å². The van der Waals surface area contributed by atoms with Gasteiger partial charge in [0.15, 0.2) is 0 Å². The molecule has 0 aromatic carbocycles. The number of hydrogen-bond acceptors (Lipinski definition) is 3. The van der Waals surface area contributed by atoms with Gasteiger partial charge in [-0.05, 0) is 18.8 Å². The van der Waals surface area contributed by atoms with Crippen LogP contribution in [-0.4, -0.2) is 43.3 Å². The second-order valence-corrected chi connectivity index (χ2v) is 5.23. The molecule has 0 atom stereocenters. The van der Waals surface area contributed by atoms with Crippen LogP contribution >= 0.6 is 0 Å². The molecule has 0 aliphatic carbocycles. The lowest BCUT2D eigenvalue weighted by Crippen LogP contribution is -2.41. The highest BCUT2D eigenvalue weighted by molar-refractivity contribution is 7.89. The van der Waals surface area contributed by atoms with E-state index in [0.717, 1.165) is 4.31 Å². The van der Waals surface area contributed by atoms with Gasteiger partial charge in [-0.25, -0.2) is 8.42 Å². The number of hydrogen-bond donors (Lipinski definition) is 1. The second-order valence-electron chi connectivity index (χ2n) is 3.33. The minimum absolute atomic E-state index is 0.0113. The number of piperidine rings is 1. The molecular weight excluding hydrogens is 216 g/mol. The quantitative estimate of drug-likeness (QED) is 0.754. The van der Waals surface area contributed by atoms with Crippen molar-refractivity contribution < 1.29 is 22.3 Å². The average Bonchev–Trinajstić information content (AvgIpc) is 2.17. The molecule has 1 saturated heterocycles. The number of sulfonamides is 1. The minimum atomic E-state index is -4.41. The Morgan fingerprint density at radius 3 is 2.21 bits per heavy atom. The first-order valence-corrected chi connectivity index (χ1v) is 5.86. The molecule has 84 valence electrons. The first-order chi connectivity index (χ1) is 6.48. The van der Waals surface area contributed by atoms with Crippen molar-refractivity contribution >= 4 is 10.0 Å². The highest BCUT2D eigenvalue weighted by Gasteiger charge is 2.34. The van der Waals surface area contributed by atoms with Gasteiger partial charge in [0.2, 0.25) is 0 Å². The summed E-state index contributed by atoms with van der Waals surface area (Å²) in [6.45, 7) is 0.151. The molecule has 0 unspecified atom stereocenters. The van der Waals surface area contributed by atoms with Gasteiger partial charge >= 0.3 is 5.76 Å². The normalized spacial score (nSPS) is 21.7. The lowest BCUT2D eigenvalue weighted by Gasteiger charge is -2.29. The molecule has 0 saturated carbocycles. The molecule has 0 aromatic heterocycles. The lowest BCUT2D eigenvalue weighted by atomic mass is 10.00. The minimum Gasteiger partial charge on any atom is -0.396 e. The first-order valence-electron chi connectivity index (χ1n) is 4.36. The van der Waals surface area contributed by atoms with E-state index in [2.05, 4.69) is 0 Å². The fourth-order valence-electron chi connectivity index (χ4n) is 1.46. The fourth-order valence-corrected chi connectivity index (χ4v) is 2.40. The SMILES string of the molecule is O=S(=O)(C(F)F)N1CCC(CO)CC1. The largest absolute Gasteiger partial charge is 0.396 e. The maximum absolute atomic E-state index is 12.1. The molecule has 1 aliphatic rings. The molecule has 0 radical (unpaired) electrons. The van der Waals surface area contributed by atoms with Gasteiger partial charge in [0, 0.05) is 19.7 Å². The number of alkyl halides is 2. The maximum atomic E-state index is 12.1. The van der Waals surface area contributed by atoms with Crippen LogP contribution in [0.25, 0.3) is 0 Å². The van der Waals surface area contributed by atoms with Gasteiger partial charge in [0.1, 0.15) is 0 Å². The van der Waals surface area contributed by atoms with Crippen LogP contribution in [0.4, 0.5) is 8.78 Å². The summed E-state index contributed by atoms with van der Waals surface area (Å²) in [6, 6.07) is 0. The van der Waals surface area contributed by atoms with Gasteiger partial charge in [-0.2, -0.15) is 13.1 Å². The van der Waals surface area contributed by atoms with E-state index in [9.17, 15) is 17.2 Å². The number of aliphatic hydroxyl groups is 1. The zero-order chi connectivity index (χ0) is 10.8. The third-order valence-electron chi connectivity index (χ3n) is 2.42. The maximum Gasteiger partial charge on any atom is 0.350 e. The van der Waals surface area contributed by atoms with E-state index in [1.54, 1.807) is 0 Å². The highest BCUT2D eigenvalue weighted by atomic mass is 32.2. The molecule has 1 fully saturated rings. The smallest absolute Gasteiger partial charge is 0.350 e. The molecule has 1 rings (SSSR count). The third-order valence-corrected chi connectivity index (χ3v) is 3.95. The Hall–Kier alpha value is -0.270. The van der Waals surface area contributed by atoms with Crippen LogP contribution in [0.15, 0.2) is 0 Å². The molecule has 1 aliphatic heterocycles. The van der Waals surface area contributed by atoms with E-state index in [4.69, 9.17) is 5.11 Å². The van der Waals surface area contributed by atoms with Crippen LogP contribution in [-0.2, 0) is 10.0 Å². The van der Waals surface area contributed by atoms with Crippen LogP contribution in [0, 0.1) is 5.92 Å². The summed E-state index contributed by atoms with van der Waals surface area (Å²) in [5, 5.41) is 8.77. The van der Waals surface area contributed by atoms with Crippen LogP contribution in [0.3, 0.4) is 0 Å². The molecule has 1 N–H and O–H groups in total. The van der Waals surface area contributed by atoms with E-state index < -0.39 is 15.8 Å². The van der Waals surface area contributed by atoms with E-state index >= 15 is 0 Å². The van der Waals surface area contributed by atoms with Crippen molar-refractivity contribution in [3.63, 3.8) is 0 Å². The van der Waals surface area contributed by atoms with Crippen LogP contribution in [0.5, 0.6) is 0 Å². The highest BCUT2D eigenvalue weighted by Crippen LogP contribution is 2.21. The standard InChI is InChI=1S/C7H13F2NO3S/c8-7(9)14(12,13)10-3-1-6(5-11)2-4-10/h6-7,11H,1-5H2. The Morgan fingerprint density at radius 1 is 1.36 bits per heavy atom. The Morgan fingerprint density at radius 2 is 1.86 bits per heavy atom. The molecule has 7 heteroatoms. The monoisotopic (exact) mass is 229 g/mol. The van der Waals surface area contributed by atoms with E-state index in [1.165, 1.54) is 0 Å². The Kier molecular flexibility index (Phi) is 3.79. The Labute approximate surface area is 81.6 Å². The van der Waals surface area contributed by atoms with Gasteiger partial charge in [-0.1, -0.05) is 0 Å². The van der Waals surface area contributed by atoms with E-state index in [0.29, 0.717) is 12.8 Å². The van der Waals surface area contributed by atoms with Crippen LogP contribution < -0.4 is 0 Å². The molecule has 0 aromatic rings. The number of rotatable bonds is 3. The molecular formula is C7H13F2NO3S. The zero-order valence-electron chi connectivity index (χ0n) is 7.57. The summed E-state index contributed by atoms with van der Waals surface area (Å²) in [7, 11) is -4.41. The number of nitrogens with zero attached hydrogens (tertiary/aromatic N) is 1. The van der Waals surface area contributed by atoms with Crippen molar-refractivity contribution in [1.82, 2.24) is 4.31 Å². The molecule has 4 nitrogen and oxygen atoms in total. The van der Waals surface area contributed by atoms with Crippen molar-refractivity contribution in [2.45, 2.75) is 18.6 Å². The summed E-state index contributed by atoms with van der Waals surface area (Å²) in [5.41, 5.74) is 0. The fraction of sp³-hybridized carbons (Fsp3) is 1.00. The predicted octanol–water partition coefficient (Wildman–Crippen LogP) is 0.243. The van der Waals surface area contributed by atoms with Crippen molar-refractivity contribution in [3.05, 3.63) is 0 Å². The Bertz CT molecular complexity index is 273. The molecule has 0 bridgehead atoms. The van der Waals surface area contributed by atoms with Crippen molar-refractivity contribution in [2.24, 2.45) is 5.92 Å². The summed E-state index contributed by atoms with van der Waals surface area (Å²) in [5.74, 6) is -3.30. The molecule has 1 heterocycles. The van der Waals surface area contributed by atoms with Gasteiger partial charge in [0.05, 0.1) is 0 Å². The summed E-state index contributed by atoms with van der Waals surface area (Å²) < 4.78 is 47.0. The third kappa shape index (κ3) is 2.40. The summed E-state index contributed by atoms with van der Waals surface area (Å²) >= 11 is 0. The zero-order valence-corrected chi connectivity index (χ0v) is 8.38. The number of halogens is 2. The van der Waals surface area contributed by atoms with Gasteiger partial charge in [-0.15, -0.1) is 0 Å². The molecule has 0 amide bonds. The van der Waals surface area contributed by atoms with Crippen LogP contribution in [0.2, 0.25) is 0 Å². The first kappa shape index (κ1) is 11.8. The van der Waals surface area contributed by atoms with Gasteiger partial charge < -0.3 is 5.11 Å². The van der Waals surface area contributed by atoms with Crippen molar-refractivity contribution in [2.75, 3.05) is 19.7 Å². The molecule has 0 spiro atoms. The molecule has 14 heavy (non-hydrogen) atoms. The van der Waals surface area contributed by atoms with Gasteiger partial charge in [0.25, 0.3) is 10.0 Å².